The standard InChI is InChI=1S/C62H112N4O12/c1-3-49(53(65)69)39-33-37-45-61(57(75)76)47-60(56(73)74,44-36-30-26-22-18-14-10-6-8-12-16-20-24-28-32-42-52(64)68)62(58(77)78,46-38-34-40-50(4-2)54(66)70)48-59(61,55(71)72)43-35-29-25-21-17-13-9-5-7-11-15-19-23-27-31-41-51(63)67/h49-50H,3-48H2,1-2H3,(H2,63,67)(H2,64,68)(H2,65,69)(H2,66,70)(H,71,72)(H,73,74)(H,75,76)(H,77,78). The van der Waals surface area contributed by atoms with Crippen molar-refractivity contribution in [3.05, 3.63) is 0 Å². The fourth-order valence-corrected chi connectivity index (χ4v) is 13.3. The third-order valence-corrected chi connectivity index (χ3v) is 18.3. The van der Waals surface area contributed by atoms with Crippen molar-refractivity contribution in [1.29, 1.82) is 0 Å². The van der Waals surface area contributed by atoms with Crippen LogP contribution in [0.15, 0.2) is 0 Å². The molecule has 1 rings (SSSR count). The Labute approximate surface area is 470 Å². The Balaban J connectivity index is 3.36. The molecule has 6 unspecified atom stereocenters. The van der Waals surface area contributed by atoms with E-state index in [0.29, 0.717) is 77.0 Å². The molecule has 12 N–H and O–H groups in total. The van der Waals surface area contributed by atoms with Crippen LogP contribution in [-0.2, 0) is 38.4 Å². The number of hydrogen-bond donors (Lipinski definition) is 8. The van der Waals surface area contributed by atoms with Gasteiger partial charge in [0, 0.05) is 24.7 Å². The third-order valence-electron chi connectivity index (χ3n) is 18.3. The van der Waals surface area contributed by atoms with Gasteiger partial charge in [0.2, 0.25) is 23.6 Å². The number of rotatable bonds is 54. The summed E-state index contributed by atoms with van der Waals surface area (Å²) < 4.78 is 0. The number of unbranched alkanes of at least 4 members (excludes halogenated alkanes) is 30. The first-order valence-electron chi connectivity index (χ1n) is 31.3. The number of nitrogens with two attached hydrogens (primary N) is 4. The van der Waals surface area contributed by atoms with Gasteiger partial charge < -0.3 is 43.4 Å². The fourth-order valence-electron chi connectivity index (χ4n) is 13.3. The number of aliphatic carboxylic acids is 4. The van der Waals surface area contributed by atoms with E-state index in [1.807, 2.05) is 13.8 Å². The highest BCUT2D eigenvalue weighted by Crippen LogP contribution is 2.70. The molecule has 0 radical (unpaired) electrons. The van der Waals surface area contributed by atoms with E-state index in [9.17, 15) is 58.8 Å². The molecule has 16 heteroatoms. The predicted octanol–water partition coefficient (Wildman–Crippen LogP) is 13.4. The first-order chi connectivity index (χ1) is 37.3. The molecule has 452 valence electrons. The van der Waals surface area contributed by atoms with Gasteiger partial charge in [-0.15, -0.1) is 0 Å². The summed E-state index contributed by atoms with van der Waals surface area (Å²) in [5.41, 5.74) is 13.3. The second-order valence-electron chi connectivity index (χ2n) is 23.9. The Morgan fingerprint density at radius 3 is 0.654 bits per heavy atom. The predicted molar refractivity (Wildman–Crippen MR) is 308 cm³/mol. The molecule has 0 bridgehead atoms. The van der Waals surface area contributed by atoms with Crippen LogP contribution >= 0.6 is 0 Å². The van der Waals surface area contributed by atoms with Gasteiger partial charge in [0.15, 0.2) is 0 Å². The van der Waals surface area contributed by atoms with Gasteiger partial charge in [-0.1, -0.05) is 219 Å². The highest BCUT2D eigenvalue weighted by Gasteiger charge is 2.76. The first kappa shape index (κ1) is 71.8. The summed E-state index contributed by atoms with van der Waals surface area (Å²) in [6.07, 6.45) is 31.2. The van der Waals surface area contributed by atoms with Gasteiger partial charge >= 0.3 is 23.9 Å². The largest absolute Gasteiger partial charge is 0.481 e. The smallest absolute Gasteiger partial charge is 0.310 e. The van der Waals surface area contributed by atoms with E-state index in [1.165, 1.54) is 38.5 Å². The zero-order valence-corrected chi connectivity index (χ0v) is 49.0. The summed E-state index contributed by atoms with van der Waals surface area (Å²) in [4.78, 5) is 103. The monoisotopic (exact) mass is 1100 g/mol. The number of carbonyl (C=O) groups is 8. The maximum Gasteiger partial charge on any atom is 0.310 e. The molecule has 0 aromatic carbocycles. The molecule has 0 aliphatic heterocycles. The Kier molecular flexibility index (Phi) is 37.6. The highest BCUT2D eigenvalue weighted by atomic mass is 16.4. The Bertz CT molecular complexity index is 1640. The highest BCUT2D eigenvalue weighted by molar-refractivity contribution is 5.93. The van der Waals surface area contributed by atoms with Crippen LogP contribution in [0.25, 0.3) is 0 Å². The van der Waals surface area contributed by atoms with Gasteiger partial charge in [0.25, 0.3) is 0 Å². The van der Waals surface area contributed by atoms with Crippen molar-refractivity contribution >= 4 is 47.5 Å². The first-order valence-corrected chi connectivity index (χ1v) is 31.3. The summed E-state index contributed by atoms with van der Waals surface area (Å²) in [6, 6.07) is 0. The van der Waals surface area contributed by atoms with Gasteiger partial charge in [-0.3, -0.25) is 38.4 Å². The van der Waals surface area contributed by atoms with Crippen molar-refractivity contribution in [1.82, 2.24) is 0 Å². The number of carboxylic acid groups (broad SMARTS) is 4. The Hall–Kier alpha value is -4.24. The molecule has 6 atom stereocenters. The van der Waals surface area contributed by atoms with Gasteiger partial charge in [0.1, 0.15) is 0 Å². The third kappa shape index (κ3) is 25.1. The summed E-state index contributed by atoms with van der Waals surface area (Å²) in [6.45, 7) is 3.67. The van der Waals surface area contributed by atoms with Gasteiger partial charge in [-0.05, 0) is 77.0 Å². The molecule has 16 nitrogen and oxygen atoms in total. The quantitative estimate of drug-likeness (QED) is 0.0264. The fraction of sp³-hybridized carbons (Fsp3) is 0.871. The van der Waals surface area contributed by atoms with Crippen LogP contribution in [0.3, 0.4) is 0 Å². The van der Waals surface area contributed by atoms with Crippen LogP contribution in [0, 0.1) is 33.5 Å². The Morgan fingerprint density at radius 2 is 0.487 bits per heavy atom. The summed E-state index contributed by atoms with van der Waals surface area (Å²) in [5.74, 6) is -8.07. The van der Waals surface area contributed by atoms with Crippen LogP contribution in [-0.4, -0.2) is 67.9 Å². The maximum atomic E-state index is 14.3. The van der Waals surface area contributed by atoms with E-state index >= 15 is 0 Å². The number of carboxylic acids is 4. The summed E-state index contributed by atoms with van der Waals surface area (Å²) in [7, 11) is 0. The van der Waals surface area contributed by atoms with Crippen LogP contribution in [0.4, 0.5) is 0 Å². The van der Waals surface area contributed by atoms with Crippen molar-refractivity contribution in [3.8, 4) is 0 Å². The molecule has 0 heterocycles. The van der Waals surface area contributed by atoms with Crippen molar-refractivity contribution in [2.45, 2.75) is 309 Å². The molecule has 0 saturated heterocycles. The molecular formula is C62H112N4O12. The van der Waals surface area contributed by atoms with Crippen molar-refractivity contribution in [2.75, 3.05) is 0 Å². The molecule has 0 aromatic heterocycles. The number of carbonyl (C=O) groups excluding carboxylic acids is 4. The number of primary amides is 4. The molecule has 1 aliphatic rings. The second kappa shape index (κ2) is 40.9. The van der Waals surface area contributed by atoms with E-state index in [2.05, 4.69) is 0 Å². The lowest BCUT2D eigenvalue weighted by Gasteiger charge is -2.61. The van der Waals surface area contributed by atoms with Crippen molar-refractivity contribution < 1.29 is 58.8 Å². The number of hydrogen-bond acceptors (Lipinski definition) is 8. The van der Waals surface area contributed by atoms with Crippen molar-refractivity contribution in [2.24, 2.45) is 56.4 Å². The maximum absolute atomic E-state index is 14.3. The number of amides is 4. The van der Waals surface area contributed by atoms with Gasteiger partial charge in [-0.25, -0.2) is 0 Å². The topological polar surface area (TPSA) is 322 Å². The molecule has 1 saturated carbocycles. The lowest BCUT2D eigenvalue weighted by atomic mass is 9.38. The zero-order valence-electron chi connectivity index (χ0n) is 49.0. The average Bonchev–Trinajstić information content (AvgIpc) is 3.44. The normalized spacial score (nSPS) is 20.9. The van der Waals surface area contributed by atoms with Crippen LogP contribution in [0.2, 0.25) is 0 Å². The summed E-state index contributed by atoms with van der Waals surface area (Å²) >= 11 is 0. The molecule has 1 fully saturated rings. The van der Waals surface area contributed by atoms with E-state index < -0.39 is 82.0 Å². The molecule has 0 spiro atoms. The molecule has 4 amide bonds. The van der Waals surface area contributed by atoms with E-state index in [-0.39, 0.29) is 50.3 Å². The second-order valence-corrected chi connectivity index (χ2v) is 23.9. The van der Waals surface area contributed by atoms with Gasteiger partial charge in [0.05, 0.1) is 21.7 Å². The molecular weight excluding hydrogens is 993 g/mol. The van der Waals surface area contributed by atoms with Crippen LogP contribution < -0.4 is 22.9 Å². The molecule has 78 heavy (non-hydrogen) atoms. The van der Waals surface area contributed by atoms with Crippen molar-refractivity contribution in [3.63, 3.8) is 0 Å². The molecule has 1 aliphatic carbocycles. The minimum absolute atomic E-state index is 0.122. The van der Waals surface area contributed by atoms with Crippen LogP contribution in [0.1, 0.15) is 309 Å². The van der Waals surface area contributed by atoms with E-state index in [4.69, 9.17) is 22.9 Å². The average molecular weight is 1110 g/mol. The lowest BCUT2D eigenvalue weighted by Crippen LogP contribution is -2.68. The minimum atomic E-state index is -2.14. The SMILES string of the molecule is CCC(CCCCC1(C(=O)O)CC(CCCCCCCCCCCCCCCCCC(N)=O)(C(=O)O)C(CCCCC(CC)C(N)=O)(C(=O)O)CC1(CCCCCCCCCCCCCCCCCC(N)=O)C(=O)O)C(N)=O. The molecule has 0 aromatic rings. The van der Waals surface area contributed by atoms with E-state index in [0.717, 1.165) is 128 Å². The van der Waals surface area contributed by atoms with Gasteiger partial charge in [-0.2, -0.15) is 0 Å². The zero-order chi connectivity index (χ0) is 58.3. The minimum Gasteiger partial charge on any atom is -0.481 e. The van der Waals surface area contributed by atoms with Crippen LogP contribution in [0.5, 0.6) is 0 Å². The Morgan fingerprint density at radius 1 is 0.308 bits per heavy atom. The lowest BCUT2D eigenvalue weighted by molar-refractivity contribution is -0.224. The summed E-state index contributed by atoms with van der Waals surface area (Å²) in [5, 5.41) is 46.5. The van der Waals surface area contributed by atoms with E-state index in [1.54, 1.807) is 0 Å².